The van der Waals surface area contributed by atoms with Gasteiger partial charge in [0.15, 0.2) is 5.60 Å². The zero-order valence-corrected chi connectivity index (χ0v) is 21.5. The van der Waals surface area contributed by atoms with Gasteiger partial charge in [0, 0.05) is 12.2 Å². The van der Waals surface area contributed by atoms with Crippen molar-refractivity contribution in [3.63, 3.8) is 0 Å². The van der Waals surface area contributed by atoms with E-state index in [1.165, 1.54) is 19.4 Å². The van der Waals surface area contributed by atoms with Crippen molar-refractivity contribution < 1.29 is 19.4 Å². The van der Waals surface area contributed by atoms with Crippen LogP contribution in [0.4, 0.5) is 5.69 Å². The minimum atomic E-state index is -1.29. The first-order valence-electron chi connectivity index (χ1n) is 11.0. The molecule has 33 heavy (non-hydrogen) atoms. The Morgan fingerprint density at radius 2 is 1.64 bits per heavy atom. The Kier molecular flexibility index (Phi) is 9.94. The van der Waals surface area contributed by atoms with Gasteiger partial charge in [-0.15, -0.1) is 12.4 Å². The van der Waals surface area contributed by atoms with Crippen LogP contribution in [-0.4, -0.2) is 40.6 Å². The molecule has 0 heterocycles. The average Bonchev–Trinajstić information content (AvgIpc) is 2.69. The topological polar surface area (TPSA) is 78.9 Å². The highest BCUT2D eigenvalue weighted by atomic mass is 35.5. The Labute approximate surface area is 203 Å². The third-order valence-electron chi connectivity index (χ3n) is 5.40. The standard InChI is InChI=1S/C26H36N2O4.ClH/c1-8-28(16-19-9-12-21(13-10-19)32-26(6,7)24(30)31)17-23(29)27-22-14-11-20(15-18(22)2)25(3,4)5;/h9-15H,8,16-17H2,1-7H3,(H,27,29)(H,30,31);1H. The molecule has 7 heteroatoms. The molecule has 0 aliphatic rings. The van der Waals surface area contributed by atoms with Gasteiger partial charge in [0.2, 0.25) is 5.91 Å². The maximum Gasteiger partial charge on any atom is 0.347 e. The molecule has 0 saturated carbocycles. The molecule has 0 aromatic heterocycles. The number of hydrogen-bond donors (Lipinski definition) is 2. The second-order valence-corrected chi connectivity index (χ2v) is 9.69. The van der Waals surface area contributed by atoms with Crippen LogP contribution in [0.25, 0.3) is 0 Å². The van der Waals surface area contributed by atoms with Crippen LogP contribution in [0, 0.1) is 6.92 Å². The first kappa shape index (κ1) is 28.5. The van der Waals surface area contributed by atoms with Crippen LogP contribution < -0.4 is 10.1 Å². The molecule has 0 aliphatic carbocycles. The van der Waals surface area contributed by atoms with Gasteiger partial charge >= 0.3 is 5.97 Å². The van der Waals surface area contributed by atoms with Gasteiger partial charge < -0.3 is 15.2 Å². The van der Waals surface area contributed by atoms with Crippen molar-refractivity contribution in [1.29, 1.82) is 0 Å². The lowest BCUT2D eigenvalue weighted by Crippen LogP contribution is -2.37. The second kappa shape index (κ2) is 11.5. The number of likely N-dealkylation sites (N-methyl/N-ethyl adjacent to an activating group) is 1. The highest BCUT2D eigenvalue weighted by molar-refractivity contribution is 5.93. The third kappa shape index (κ3) is 8.37. The summed E-state index contributed by atoms with van der Waals surface area (Å²) >= 11 is 0. The highest BCUT2D eigenvalue weighted by Crippen LogP contribution is 2.26. The third-order valence-corrected chi connectivity index (χ3v) is 5.40. The Morgan fingerprint density at radius 3 is 2.12 bits per heavy atom. The molecule has 0 fully saturated rings. The van der Waals surface area contributed by atoms with Gasteiger partial charge in [-0.05, 0) is 67.6 Å². The van der Waals surface area contributed by atoms with Crippen molar-refractivity contribution in [2.75, 3.05) is 18.4 Å². The fourth-order valence-electron chi connectivity index (χ4n) is 3.20. The number of halogens is 1. The van der Waals surface area contributed by atoms with E-state index in [0.29, 0.717) is 12.3 Å². The van der Waals surface area contributed by atoms with E-state index in [1.54, 1.807) is 12.1 Å². The number of carbonyl (C=O) groups excluding carboxylic acids is 1. The molecular formula is C26H37ClN2O4. The molecule has 0 bridgehead atoms. The number of ether oxygens (including phenoxy) is 1. The zero-order valence-electron chi connectivity index (χ0n) is 20.7. The predicted molar refractivity (Wildman–Crippen MR) is 135 cm³/mol. The number of aryl methyl sites for hydroxylation is 1. The molecule has 6 nitrogen and oxygen atoms in total. The molecule has 2 aromatic carbocycles. The fraction of sp³-hybridized carbons (Fsp3) is 0.462. The van der Waals surface area contributed by atoms with Gasteiger partial charge in [-0.1, -0.05) is 52.0 Å². The van der Waals surface area contributed by atoms with Crippen LogP contribution in [0.3, 0.4) is 0 Å². The quantitative estimate of drug-likeness (QED) is 0.505. The maximum atomic E-state index is 12.7. The van der Waals surface area contributed by atoms with Crippen molar-refractivity contribution in [3.8, 4) is 5.75 Å². The SMILES string of the molecule is CCN(CC(=O)Nc1ccc(C(C)(C)C)cc1C)Cc1ccc(OC(C)(C)C(=O)O)cc1.Cl. The number of amides is 1. The summed E-state index contributed by atoms with van der Waals surface area (Å²) in [6, 6.07) is 13.5. The summed E-state index contributed by atoms with van der Waals surface area (Å²) in [4.78, 5) is 25.9. The van der Waals surface area contributed by atoms with E-state index in [-0.39, 0.29) is 30.3 Å². The average molecular weight is 477 g/mol. The number of nitrogens with zero attached hydrogens (tertiary/aromatic N) is 1. The van der Waals surface area contributed by atoms with Gasteiger partial charge in [-0.25, -0.2) is 4.79 Å². The van der Waals surface area contributed by atoms with E-state index in [4.69, 9.17) is 4.74 Å². The molecular weight excluding hydrogens is 440 g/mol. The number of nitrogens with one attached hydrogen (secondary N) is 1. The number of carboxylic acids is 1. The van der Waals surface area contributed by atoms with Crippen LogP contribution in [0.15, 0.2) is 42.5 Å². The van der Waals surface area contributed by atoms with Crippen molar-refractivity contribution >= 4 is 30.0 Å². The van der Waals surface area contributed by atoms with Crippen molar-refractivity contribution in [2.45, 2.75) is 66.0 Å². The fourth-order valence-corrected chi connectivity index (χ4v) is 3.20. The van der Waals surface area contributed by atoms with Crippen molar-refractivity contribution in [3.05, 3.63) is 59.2 Å². The Bertz CT molecular complexity index is 950. The van der Waals surface area contributed by atoms with Gasteiger partial charge in [-0.2, -0.15) is 0 Å². The number of benzene rings is 2. The van der Waals surface area contributed by atoms with Crippen molar-refractivity contribution in [1.82, 2.24) is 4.90 Å². The smallest absolute Gasteiger partial charge is 0.347 e. The highest BCUT2D eigenvalue weighted by Gasteiger charge is 2.29. The minimum absolute atomic E-state index is 0. The molecule has 0 aliphatic heterocycles. The zero-order chi connectivity index (χ0) is 24.1. The van der Waals surface area contributed by atoms with E-state index in [2.05, 4.69) is 38.2 Å². The number of aliphatic carboxylic acids is 1. The van der Waals surface area contributed by atoms with Gasteiger partial charge in [-0.3, -0.25) is 9.69 Å². The summed E-state index contributed by atoms with van der Waals surface area (Å²) in [6.45, 7) is 15.2. The lowest BCUT2D eigenvalue weighted by Gasteiger charge is -2.23. The van der Waals surface area contributed by atoms with Crippen LogP contribution in [0.1, 0.15) is 58.2 Å². The summed E-state index contributed by atoms with van der Waals surface area (Å²) in [7, 11) is 0. The Balaban J connectivity index is 0.00000544. The molecule has 2 aromatic rings. The molecule has 2 N–H and O–H groups in total. The Hall–Kier alpha value is -2.57. The molecule has 2 rings (SSSR count). The maximum absolute atomic E-state index is 12.7. The normalized spacial score (nSPS) is 11.6. The first-order valence-corrected chi connectivity index (χ1v) is 11.0. The largest absolute Gasteiger partial charge is 0.478 e. The minimum Gasteiger partial charge on any atom is -0.478 e. The molecule has 0 unspecified atom stereocenters. The van der Waals surface area contributed by atoms with Crippen LogP contribution in [0.2, 0.25) is 0 Å². The molecule has 0 spiro atoms. The second-order valence-electron chi connectivity index (χ2n) is 9.69. The summed E-state index contributed by atoms with van der Waals surface area (Å²) < 4.78 is 5.54. The number of anilines is 1. The lowest BCUT2D eigenvalue weighted by molar-refractivity contribution is -0.152. The number of rotatable bonds is 9. The van der Waals surface area contributed by atoms with E-state index in [0.717, 1.165) is 23.4 Å². The molecule has 0 saturated heterocycles. The summed E-state index contributed by atoms with van der Waals surface area (Å²) in [5, 5.41) is 12.2. The van der Waals surface area contributed by atoms with Gasteiger partial charge in [0.25, 0.3) is 0 Å². The van der Waals surface area contributed by atoms with Gasteiger partial charge in [0.05, 0.1) is 6.54 Å². The molecule has 0 atom stereocenters. The molecule has 182 valence electrons. The van der Waals surface area contributed by atoms with E-state index in [9.17, 15) is 14.7 Å². The van der Waals surface area contributed by atoms with E-state index >= 15 is 0 Å². The monoisotopic (exact) mass is 476 g/mol. The Morgan fingerprint density at radius 1 is 1.03 bits per heavy atom. The van der Waals surface area contributed by atoms with Gasteiger partial charge in [0.1, 0.15) is 5.75 Å². The van der Waals surface area contributed by atoms with E-state index in [1.807, 2.05) is 36.9 Å². The summed E-state index contributed by atoms with van der Waals surface area (Å²) in [5.41, 5.74) is 2.91. The van der Waals surface area contributed by atoms with Crippen LogP contribution in [-0.2, 0) is 21.5 Å². The molecule has 1 amide bonds. The summed E-state index contributed by atoms with van der Waals surface area (Å²) in [5.74, 6) is -0.578. The first-order chi connectivity index (χ1) is 14.8. The number of hydrogen-bond acceptors (Lipinski definition) is 4. The van der Waals surface area contributed by atoms with Crippen LogP contribution in [0.5, 0.6) is 5.75 Å². The van der Waals surface area contributed by atoms with E-state index < -0.39 is 11.6 Å². The van der Waals surface area contributed by atoms with Crippen molar-refractivity contribution in [2.24, 2.45) is 0 Å². The molecule has 0 radical (unpaired) electrons. The lowest BCUT2D eigenvalue weighted by atomic mass is 9.86. The summed E-state index contributed by atoms with van der Waals surface area (Å²) in [6.07, 6.45) is 0. The van der Waals surface area contributed by atoms with Crippen LogP contribution >= 0.6 is 12.4 Å². The number of carboxylic acid groups (broad SMARTS) is 1. The number of carbonyl (C=O) groups is 2. The predicted octanol–water partition coefficient (Wildman–Crippen LogP) is 5.42.